The van der Waals surface area contributed by atoms with E-state index in [2.05, 4.69) is 4.98 Å². The van der Waals surface area contributed by atoms with Crippen LogP contribution in [0.4, 0.5) is 5.13 Å². The molecule has 0 aliphatic carbocycles. The van der Waals surface area contributed by atoms with E-state index in [4.69, 9.17) is 16.7 Å². The fourth-order valence-electron chi connectivity index (χ4n) is 1.46. The van der Waals surface area contributed by atoms with Gasteiger partial charge in [-0.2, -0.15) is 0 Å². The summed E-state index contributed by atoms with van der Waals surface area (Å²) in [4.78, 5) is 18.4. The van der Waals surface area contributed by atoms with Crippen LogP contribution in [0.2, 0.25) is 5.15 Å². The number of hydrogen-bond acceptors (Lipinski definition) is 5. The highest BCUT2D eigenvalue weighted by Gasteiger charge is 2.19. The van der Waals surface area contributed by atoms with Gasteiger partial charge in [-0.1, -0.05) is 29.0 Å². The van der Waals surface area contributed by atoms with Crippen LogP contribution in [-0.4, -0.2) is 22.6 Å². The fourth-order valence-corrected chi connectivity index (χ4v) is 3.37. The van der Waals surface area contributed by atoms with Crippen molar-refractivity contribution in [1.29, 1.82) is 0 Å². The maximum atomic E-state index is 10.9. The van der Waals surface area contributed by atoms with E-state index < -0.39 is 5.97 Å². The number of anilines is 1. The van der Waals surface area contributed by atoms with Crippen LogP contribution in [0.15, 0.2) is 17.5 Å². The molecule has 7 heteroatoms. The normalized spacial score (nSPS) is 10.6. The average Bonchev–Trinajstić information content (AvgIpc) is 2.94. The smallest absolute Gasteiger partial charge is 0.349 e. The molecule has 0 unspecified atom stereocenters. The van der Waals surface area contributed by atoms with Crippen molar-refractivity contribution in [3.8, 4) is 0 Å². The number of aromatic nitrogens is 1. The lowest BCUT2D eigenvalue weighted by Crippen LogP contribution is -2.21. The zero-order valence-electron chi connectivity index (χ0n) is 9.59. The van der Waals surface area contributed by atoms with E-state index in [0.29, 0.717) is 5.13 Å². The molecule has 18 heavy (non-hydrogen) atoms. The summed E-state index contributed by atoms with van der Waals surface area (Å²) in [5.74, 6) is -1.03. The second-order valence-electron chi connectivity index (χ2n) is 3.52. The van der Waals surface area contributed by atoms with E-state index in [-0.39, 0.29) is 10.0 Å². The molecule has 96 valence electrons. The standard InChI is InChI=1S/C11H11ClN2O2S2/c1-2-14(6-7-4-3-5-17-7)11-13-9(12)8(18-11)10(15)16/h3-5H,2,6H2,1H3,(H,15,16). The van der Waals surface area contributed by atoms with Crippen LogP contribution < -0.4 is 4.90 Å². The minimum absolute atomic E-state index is 0.0622. The molecule has 2 rings (SSSR count). The van der Waals surface area contributed by atoms with E-state index in [0.717, 1.165) is 24.4 Å². The highest BCUT2D eigenvalue weighted by molar-refractivity contribution is 7.18. The van der Waals surface area contributed by atoms with Crippen LogP contribution in [-0.2, 0) is 6.54 Å². The highest BCUT2D eigenvalue weighted by Crippen LogP contribution is 2.30. The Labute approximate surface area is 117 Å². The first-order chi connectivity index (χ1) is 8.61. The lowest BCUT2D eigenvalue weighted by atomic mass is 10.4. The molecule has 2 aromatic heterocycles. The van der Waals surface area contributed by atoms with Gasteiger partial charge in [0.25, 0.3) is 0 Å². The fraction of sp³-hybridized carbons (Fsp3) is 0.273. The van der Waals surface area contributed by atoms with E-state index in [1.165, 1.54) is 4.88 Å². The molecule has 0 aromatic carbocycles. The van der Waals surface area contributed by atoms with E-state index in [1.54, 1.807) is 11.3 Å². The number of carboxylic acids is 1. The molecule has 0 bridgehead atoms. The third-order valence-corrected chi connectivity index (χ3v) is 4.70. The third kappa shape index (κ3) is 2.82. The predicted molar refractivity (Wildman–Crippen MR) is 75.1 cm³/mol. The lowest BCUT2D eigenvalue weighted by molar-refractivity contribution is 0.0702. The van der Waals surface area contributed by atoms with Gasteiger partial charge in [0.05, 0.1) is 6.54 Å². The Morgan fingerprint density at radius 1 is 1.61 bits per heavy atom. The monoisotopic (exact) mass is 302 g/mol. The number of hydrogen-bond donors (Lipinski definition) is 1. The van der Waals surface area contributed by atoms with Crippen LogP contribution in [0, 0.1) is 0 Å². The van der Waals surface area contributed by atoms with Crippen LogP contribution in [0.3, 0.4) is 0 Å². The SMILES string of the molecule is CCN(Cc1cccs1)c1nc(Cl)c(C(=O)O)s1. The van der Waals surface area contributed by atoms with Gasteiger partial charge in [-0.05, 0) is 18.4 Å². The molecule has 0 aliphatic heterocycles. The van der Waals surface area contributed by atoms with Crippen LogP contribution in [0.25, 0.3) is 0 Å². The second kappa shape index (κ2) is 5.69. The van der Waals surface area contributed by atoms with Gasteiger partial charge in [0.15, 0.2) is 15.2 Å². The number of thiazole rings is 1. The Bertz CT molecular complexity index is 539. The van der Waals surface area contributed by atoms with Crippen molar-refractivity contribution in [3.63, 3.8) is 0 Å². The number of aromatic carboxylic acids is 1. The highest BCUT2D eigenvalue weighted by atomic mass is 35.5. The molecule has 0 atom stereocenters. The summed E-state index contributed by atoms with van der Waals surface area (Å²) in [6.45, 7) is 3.47. The molecule has 0 spiro atoms. The molecule has 0 saturated carbocycles. The molecule has 2 aromatic rings. The molecule has 0 radical (unpaired) electrons. The van der Waals surface area contributed by atoms with Gasteiger partial charge in [-0.25, -0.2) is 9.78 Å². The molecule has 0 amide bonds. The van der Waals surface area contributed by atoms with Gasteiger partial charge >= 0.3 is 5.97 Å². The van der Waals surface area contributed by atoms with E-state index in [1.807, 2.05) is 29.3 Å². The number of rotatable bonds is 5. The molecular formula is C11H11ClN2O2S2. The Morgan fingerprint density at radius 3 is 2.89 bits per heavy atom. The zero-order chi connectivity index (χ0) is 13.1. The summed E-state index contributed by atoms with van der Waals surface area (Å²) in [6.07, 6.45) is 0. The van der Waals surface area contributed by atoms with Crippen LogP contribution >= 0.6 is 34.3 Å². The van der Waals surface area contributed by atoms with Crippen molar-refractivity contribution in [2.24, 2.45) is 0 Å². The van der Waals surface area contributed by atoms with Crippen LogP contribution in [0.5, 0.6) is 0 Å². The number of carbonyl (C=O) groups is 1. The Balaban J connectivity index is 2.22. The van der Waals surface area contributed by atoms with Gasteiger partial charge in [0, 0.05) is 11.4 Å². The molecule has 0 saturated heterocycles. The van der Waals surface area contributed by atoms with Gasteiger partial charge < -0.3 is 10.0 Å². The second-order valence-corrected chi connectivity index (χ2v) is 5.88. The summed E-state index contributed by atoms with van der Waals surface area (Å²) in [6, 6.07) is 4.03. The summed E-state index contributed by atoms with van der Waals surface area (Å²) in [7, 11) is 0. The Morgan fingerprint density at radius 2 is 2.39 bits per heavy atom. The Kier molecular flexibility index (Phi) is 4.21. The van der Waals surface area contributed by atoms with Crippen molar-refractivity contribution in [3.05, 3.63) is 32.4 Å². The first-order valence-corrected chi connectivity index (χ1v) is 7.36. The molecular weight excluding hydrogens is 292 g/mol. The molecule has 0 aliphatic rings. The number of halogens is 1. The van der Waals surface area contributed by atoms with Gasteiger partial charge in [0.1, 0.15) is 0 Å². The van der Waals surface area contributed by atoms with Crippen molar-refractivity contribution in [2.75, 3.05) is 11.4 Å². The van der Waals surface area contributed by atoms with Gasteiger partial charge in [-0.15, -0.1) is 11.3 Å². The molecule has 4 nitrogen and oxygen atoms in total. The molecule has 0 fully saturated rings. The van der Waals surface area contributed by atoms with Gasteiger partial charge in [0.2, 0.25) is 0 Å². The minimum Gasteiger partial charge on any atom is -0.477 e. The minimum atomic E-state index is -1.03. The quantitative estimate of drug-likeness (QED) is 0.917. The number of carboxylic acid groups (broad SMARTS) is 1. The molecule has 1 N–H and O–H groups in total. The van der Waals surface area contributed by atoms with Crippen molar-refractivity contribution in [2.45, 2.75) is 13.5 Å². The van der Waals surface area contributed by atoms with Crippen molar-refractivity contribution in [1.82, 2.24) is 4.98 Å². The third-order valence-electron chi connectivity index (χ3n) is 2.35. The summed E-state index contributed by atoms with van der Waals surface area (Å²) >= 11 is 8.59. The van der Waals surface area contributed by atoms with Crippen molar-refractivity contribution >= 4 is 45.4 Å². The summed E-state index contributed by atoms with van der Waals surface area (Å²) < 4.78 is 0. The first kappa shape index (κ1) is 13.3. The van der Waals surface area contributed by atoms with Gasteiger partial charge in [-0.3, -0.25) is 0 Å². The predicted octanol–water partition coefficient (Wildman–Crippen LogP) is 3.58. The topological polar surface area (TPSA) is 53.4 Å². The number of nitrogens with zero attached hydrogens (tertiary/aromatic N) is 2. The first-order valence-electron chi connectivity index (χ1n) is 5.28. The average molecular weight is 303 g/mol. The number of thiophene rings is 1. The summed E-state index contributed by atoms with van der Waals surface area (Å²) in [5.41, 5.74) is 0. The Hall–Kier alpha value is -1.11. The summed E-state index contributed by atoms with van der Waals surface area (Å²) in [5, 5.41) is 11.7. The van der Waals surface area contributed by atoms with E-state index in [9.17, 15) is 4.79 Å². The van der Waals surface area contributed by atoms with Crippen LogP contribution in [0.1, 0.15) is 21.5 Å². The zero-order valence-corrected chi connectivity index (χ0v) is 12.0. The van der Waals surface area contributed by atoms with E-state index >= 15 is 0 Å². The maximum absolute atomic E-state index is 10.9. The maximum Gasteiger partial charge on any atom is 0.349 e. The van der Waals surface area contributed by atoms with Crippen molar-refractivity contribution < 1.29 is 9.90 Å². The largest absolute Gasteiger partial charge is 0.477 e. The lowest BCUT2D eigenvalue weighted by Gasteiger charge is -2.18. The molecule has 2 heterocycles.